The normalized spacial score (nSPS) is 24.0. The molecule has 6 heteroatoms. The summed E-state index contributed by atoms with van der Waals surface area (Å²) in [6.45, 7) is 5.57. The molecule has 4 nitrogen and oxygen atoms in total. The van der Waals surface area contributed by atoms with Gasteiger partial charge in [0.05, 0.1) is 12.0 Å². The minimum absolute atomic E-state index is 0.156. The van der Waals surface area contributed by atoms with Crippen molar-refractivity contribution in [2.75, 3.05) is 0 Å². The van der Waals surface area contributed by atoms with Crippen LogP contribution in [0.2, 0.25) is 0 Å². The molecule has 0 aliphatic carbocycles. The summed E-state index contributed by atoms with van der Waals surface area (Å²) in [6.07, 6.45) is 0.156. The molecule has 1 heterocycles. The Balaban J connectivity index is 2.53. The molecule has 1 atom stereocenters. The highest BCUT2D eigenvalue weighted by Crippen LogP contribution is 2.45. The standard InChI is InChI=1S/C12H14ClNO3S/c1-8-4-5-10(9(2)6-8)12(3)7-11(15)14(12)18(13,16)17/h4-6H,7H2,1-3H3. The first-order valence-corrected chi connectivity index (χ1v) is 7.78. The fourth-order valence-electron chi connectivity index (χ4n) is 2.61. The number of aryl methyl sites for hydroxylation is 2. The van der Waals surface area contributed by atoms with Gasteiger partial charge in [0.25, 0.3) is 0 Å². The Kier molecular flexibility index (Phi) is 2.94. The van der Waals surface area contributed by atoms with Crippen LogP contribution in [0.3, 0.4) is 0 Å². The van der Waals surface area contributed by atoms with Crippen molar-refractivity contribution in [2.24, 2.45) is 0 Å². The first-order chi connectivity index (χ1) is 8.16. The van der Waals surface area contributed by atoms with Gasteiger partial charge in [-0.25, -0.2) is 4.31 Å². The summed E-state index contributed by atoms with van der Waals surface area (Å²) < 4.78 is 23.7. The molecule has 0 aromatic heterocycles. The number of halogens is 1. The molecule has 1 saturated heterocycles. The molecule has 2 rings (SSSR count). The first-order valence-electron chi connectivity index (χ1n) is 5.52. The van der Waals surface area contributed by atoms with Gasteiger partial charge in [-0.2, -0.15) is 8.42 Å². The second kappa shape index (κ2) is 3.96. The van der Waals surface area contributed by atoms with Crippen LogP contribution >= 0.6 is 10.7 Å². The van der Waals surface area contributed by atoms with Gasteiger partial charge in [-0.15, -0.1) is 0 Å². The highest BCUT2D eigenvalue weighted by atomic mass is 35.7. The zero-order chi connectivity index (χ0) is 13.7. The number of carbonyl (C=O) groups excluding carboxylic acids is 1. The van der Waals surface area contributed by atoms with Crippen LogP contribution in [0, 0.1) is 13.8 Å². The minimum atomic E-state index is -4.04. The summed E-state index contributed by atoms with van der Waals surface area (Å²) in [5.41, 5.74) is 1.99. The summed E-state index contributed by atoms with van der Waals surface area (Å²) >= 11 is 0. The molecular formula is C12H14ClNO3S. The fourth-order valence-corrected chi connectivity index (χ4v) is 4.25. The van der Waals surface area contributed by atoms with Gasteiger partial charge >= 0.3 is 9.24 Å². The Hall–Kier alpha value is -1.07. The molecule has 0 N–H and O–H groups in total. The predicted molar refractivity (Wildman–Crippen MR) is 69.5 cm³/mol. The Labute approximate surface area is 111 Å². The van der Waals surface area contributed by atoms with Crippen LogP contribution in [0.15, 0.2) is 18.2 Å². The van der Waals surface area contributed by atoms with Crippen molar-refractivity contribution in [2.45, 2.75) is 32.7 Å². The van der Waals surface area contributed by atoms with Crippen molar-refractivity contribution in [1.82, 2.24) is 4.31 Å². The third-order valence-electron chi connectivity index (χ3n) is 3.35. The molecule has 98 valence electrons. The smallest absolute Gasteiger partial charge is 0.274 e. The number of hydrogen-bond donors (Lipinski definition) is 0. The maximum Gasteiger partial charge on any atom is 0.324 e. The van der Waals surface area contributed by atoms with Gasteiger partial charge < -0.3 is 0 Å². The number of β-lactam (4-membered cyclic amide) rings is 1. The van der Waals surface area contributed by atoms with E-state index in [4.69, 9.17) is 10.7 Å². The van der Waals surface area contributed by atoms with E-state index < -0.39 is 20.7 Å². The molecule has 1 aliphatic heterocycles. The van der Waals surface area contributed by atoms with Gasteiger partial charge in [-0.05, 0) is 31.9 Å². The van der Waals surface area contributed by atoms with E-state index in [1.54, 1.807) is 6.92 Å². The third-order valence-corrected chi connectivity index (χ3v) is 4.81. The lowest BCUT2D eigenvalue weighted by atomic mass is 9.79. The van der Waals surface area contributed by atoms with Crippen molar-refractivity contribution in [3.8, 4) is 0 Å². The van der Waals surface area contributed by atoms with Crippen LogP contribution in [0.5, 0.6) is 0 Å². The second-order valence-electron chi connectivity index (χ2n) is 4.87. The van der Waals surface area contributed by atoms with Crippen LogP contribution < -0.4 is 0 Å². The van der Waals surface area contributed by atoms with Gasteiger partial charge in [0.15, 0.2) is 0 Å². The lowest BCUT2D eigenvalue weighted by molar-refractivity contribution is -0.144. The van der Waals surface area contributed by atoms with E-state index in [9.17, 15) is 13.2 Å². The maximum atomic E-state index is 11.5. The van der Waals surface area contributed by atoms with Crippen molar-refractivity contribution in [3.05, 3.63) is 34.9 Å². The Morgan fingerprint density at radius 3 is 2.39 bits per heavy atom. The lowest BCUT2D eigenvalue weighted by Gasteiger charge is -2.47. The molecule has 0 radical (unpaired) electrons. The van der Waals surface area contributed by atoms with Gasteiger partial charge in [0.1, 0.15) is 0 Å². The number of hydrogen-bond acceptors (Lipinski definition) is 3. The Morgan fingerprint density at radius 2 is 1.94 bits per heavy atom. The van der Waals surface area contributed by atoms with Gasteiger partial charge in [-0.1, -0.05) is 23.8 Å². The van der Waals surface area contributed by atoms with Crippen LogP contribution in [0.25, 0.3) is 0 Å². The summed E-state index contributed by atoms with van der Waals surface area (Å²) in [6, 6.07) is 5.71. The number of nitrogens with zero attached hydrogens (tertiary/aromatic N) is 1. The van der Waals surface area contributed by atoms with Crippen molar-refractivity contribution in [1.29, 1.82) is 0 Å². The highest BCUT2D eigenvalue weighted by molar-refractivity contribution is 8.12. The van der Waals surface area contributed by atoms with Gasteiger partial charge in [0.2, 0.25) is 5.91 Å². The molecule has 1 aromatic rings. The molecule has 0 spiro atoms. The van der Waals surface area contributed by atoms with Crippen LogP contribution in [0.1, 0.15) is 30.0 Å². The van der Waals surface area contributed by atoms with E-state index >= 15 is 0 Å². The lowest BCUT2D eigenvalue weighted by Crippen LogP contribution is -2.60. The quantitative estimate of drug-likeness (QED) is 0.619. The van der Waals surface area contributed by atoms with Crippen LogP contribution in [-0.2, 0) is 19.6 Å². The number of rotatable bonds is 2. The number of amides is 1. The molecular weight excluding hydrogens is 274 g/mol. The molecule has 1 aliphatic rings. The predicted octanol–water partition coefficient (Wildman–Crippen LogP) is 2.23. The molecule has 1 amide bonds. The summed E-state index contributed by atoms with van der Waals surface area (Å²) in [4.78, 5) is 11.5. The molecule has 0 bridgehead atoms. The number of benzene rings is 1. The van der Waals surface area contributed by atoms with E-state index in [2.05, 4.69) is 0 Å². The topological polar surface area (TPSA) is 54.5 Å². The van der Waals surface area contributed by atoms with E-state index in [-0.39, 0.29) is 6.42 Å². The third kappa shape index (κ3) is 1.91. The molecule has 1 fully saturated rings. The van der Waals surface area contributed by atoms with Gasteiger partial charge in [0, 0.05) is 10.7 Å². The van der Waals surface area contributed by atoms with E-state index in [1.165, 1.54) is 0 Å². The van der Waals surface area contributed by atoms with E-state index in [1.807, 2.05) is 32.0 Å². The van der Waals surface area contributed by atoms with Crippen molar-refractivity contribution >= 4 is 25.8 Å². The Bertz CT molecular complexity index is 626. The van der Waals surface area contributed by atoms with Crippen molar-refractivity contribution in [3.63, 3.8) is 0 Å². The molecule has 1 aromatic carbocycles. The Morgan fingerprint density at radius 1 is 1.33 bits per heavy atom. The average molecular weight is 288 g/mol. The molecule has 1 unspecified atom stereocenters. The summed E-state index contributed by atoms with van der Waals surface area (Å²) in [5.74, 6) is -0.465. The van der Waals surface area contributed by atoms with Crippen LogP contribution in [0.4, 0.5) is 0 Å². The zero-order valence-corrected chi connectivity index (χ0v) is 12.0. The monoisotopic (exact) mass is 287 g/mol. The van der Waals surface area contributed by atoms with Gasteiger partial charge in [-0.3, -0.25) is 4.79 Å². The van der Waals surface area contributed by atoms with Crippen molar-refractivity contribution < 1.29 is 13.2 Å². The maximum absolute atomic E-state index is 11.5. The van der Waals surface area contributed by atoms with Crippen LogP contribution in [-0.4, -0.2) is 18.6 Å². The molecule has 18 heavy (non-hydrogen) atoms. The fraction of sp³-hybridized carbons (Fsp3) is 0.417. The second-order valence-corrected chi connectivity index (χ2v) is 7.23. The van der Waals surface area contributed by atoms with E-state index in [0.29, 0.717) is 0 Å². The number of carbonyl (C=O) groups is 1. The largest absolute Gasteiger partial charge is 0.324 e. The summed E-state index contributed by atoms with van der Waals surface area (Å²) in [5, 5.41) is 0. The average Bonchev–Trinajstić information content (AvgIpc) is 2.12. The highest BCUT2D eigenvalue weighted by Gasteiger charge is 2.54. The minimum Gasteiger partial charge on any atom is -0.274 e. The zero-order valence-electron chi connectivity index (χ0n) is 10.4. The SMILES string of the molecule is Cc1ccc(C2(C)CC(=O)N2S(=O)(=O)Cl)c(C)c1. The first kappa shape index (κ1) is 13.4. The molecule has 0 saturated carbocycles. The van der Waals surface area contributed by atoms with E-state index in [0.717, 1.165) is 21.0 Å². The summed E-state index contributed by atoms with van der Waals surface area (Å²) in [7, 11) is 1.28.